The quantitative estimate of drug-likeness (QED) is 0.551. The van der Waals surface area contributed by atoms with E-state index in [9.17, 15) is 21.6 Å². The molecule has 15 heavy (non-hydrogen) atoms. The number of rotatable bonds is 2. The van der Waals surface area contributed by atoms with Gasteiger partial charge in [-0.05, 0) is 31.6 Å². The van der Waals surface area contributed by atoms with Crippen LogP contribution in [0.4, 0.5) is 13.2 Å². The van der Waals surface area contributed by atoms with E-state index in [0.29, 0.717) is 0 Å². The third-order valence-electron chi connectivity index (χ3n) is 3.45. The molecule has 2 atom stereocenters. The minimum absolute atomic E-state index is 0.0189. The summed E-state index contributed by atoms with van der Waals surface area (Å²) in [4.78, 5) is 0. The molecule has 2 aliphatic rings. The summed E-state index contributed by atoms with van der Waals surface area (Å²) in [5.41, 5.74) is -6.42. The fraction of sp³-hybridized carbons (Fsp3) is 1.00. The van der Waals surface area contributed by atoms with Crippen molar-refractivity contribution in [1.29, 1.82) is 0 Å². The smallest absolute Gasteiger partial charge is 0.256 e. The minimum atomic E-state index is -5.43. The van der Waals surface area contributed by atoms with Crippen molar-refractivity contribution in [3.8, 4) is 0 Å². The number of halogens is 3. The molecule has 2 rings (SSSR count). The lowest BCUT2D eigenvalue weighted by Gasteiger charge is -2.17. The summed E-state index contributed by atoms with van der Waals surface area (Å²) in [7, 11) is -5.43. The molecule has 0 heterocycles. The van der Waals surface area contributed by atoms with Crippen LogP contribution >= 0.6 is 0 Å². The van der Waals surface area contributed by atoms with E-state index < -0.39 is 21.2 Å². The lowest BCUT2D eigenvalue weighted by molar-refractivity contribution is -0.0595. The van der Waals surface area contributed by atoms with Gasteiger partial charge < -0.3 is 0 Å². The van der Waals surface area contributed by atoms with Crippen molar-refractivity contribution in [3.05, 3.63) is 0 Å². The van der Waals surface area contributed by atoms with Crippen molar-refractivity contribution >= 4 is 10.1 Å². The molecule has 0 aromatic carbocycles. The molecule has 0 spiro atoms. The van der Waals surface area contributed by atoms with Gasteiger partial charge in [0.15, 0.2) is 0 Å². The Morgan fingerprint density at radius 3 is 2.13 bits per heavy atom. The molecule has 3 nitrogen and oxygen atoms in total. The standard InChI is InChI=1S/C8H11F3O3S/c1-7(5-3-2-4-6(5)7)14-15(12,13)8(9,10)11/h5-6H,2-4H2,1H3. The lowest BCUT2D eigenvalue weighted by atomic mass is 10.1. The maximum absolute atomic E-state index is 12.1. The van der Waals surface area contributed by atoms with Gasteiger partial charge in [0.1, 0.15) is 0 Å². The van der Waals surface area contributed by atoms with E-state index in [1.165, 1.54) is 6.92 Å². The molecule has 88 valence electrons. The highest BCUT2D eigenvalue weighted by atomic mass is 32.2. The highest BCUT2D eigenvalue weighted by Crippen LogP contribution is 2.63. The van der Waals surface area contributed by atoms with Gasteiger partial charge in [0.05, 0.1) is 5.60 Å². The molecule has 2 saturated carbocycles. The summed E-state index contributed by atoms with van der Waals surface area (Å²) in [6.07, 6.45) is 2.46. The topological polar surface area (TPSA) is 43.4 Å². The Morgan fingerprint density at radius 2 is 1.73 bits per heavy atom. The maximum Gasteiger partial charge on any atom is 0.523 e. The van der Waals surface area contributed by atoms with Gasteiger partial charge in [0.2, 0.25) is 0 Å². The first kappa shape index (κ1) is 11.2. The monoisotopic (exact) mass is 244 g/mol. The molecule has 0 aromatic heterocycles. The van der Waals surface area contributed by atoms with Crippen molar-refractivity contribution < 1.29 is 25.8 Å². The van der Waals surface area contributed by atoms with E-state index in [1.807, 2.05) is 0 Å². The Hall–Kier alpha value is -0.300. The van der Waals surface area contributed by atoms with Gasteiger partial charge in [0.25, 0.3) is 0 Å². The van der Waals surface area contributed by atoms with Gasteiger partial charge in [-0.1, -0.05) is 6.42 Å². The van der Waals surface area contributed by atoms with Crippen LogP contribution in [0.2, 0.25) is 0 Å². The van der Waals surface area contributed by atoms with E-state index >= 15 is 0 Å². The third kappa shape index (κ3) is 1.56. The van der Waals surface area contributed by atoms with Crippen LogP contribution in [0.15, 0.2) is 0 Å². The minimum Gasteiger partial charge on any atom is -0.256 e. The van der Waals surface area contributed by atoms with Crippen LogP contribution in [0.3, 0.4) is 0 Å². The average molecular weight is 244 g/mol. The first-order chi connectivity index (χ1) is 6.68. The predicted octanol–water partition coefficient (Wildman–Crippen LogP) is 2.04. The Balaban J connectivity index is 2.12. The van der Waals surface area contributed by atoms with Crippen LogP contribution in [0.25, 0.3) is 0 Å². The molecule has 0 amide bonds. The second-order valence-corrected chi connectivity index (χ2v) is 5.85. The number of fused-ring (bicyclic) bond motifs is 1. The average Bonchev–Trinajstić information content (AvgIpc) is 2.47. The summed E-state index contributed by atoms with van der Waals surface area (Å²) >= 11 is 0. The van der Waals surface area contributed by atoms with Crippen LogP contribution < -0.4 is 0 Å². The predicted molar refractivity (Wildman–Crippen MR) is 45.3 cm³/mol. The Kier molecular flexibility index (Phi) is 2.15. The van der Waals surface area contributed by atoms with Gasteiger partial charge in [-0.3, -0.25) is 4.18 Å². The van der Waals surface area contributed by atoms with Crippen LogP contribution in [0, 0.1) is 11.8 Å². The van der Waals surface area contributed by atoms with E-state index in [1.54, 1.807) is 0 Å². The summed E-state index contributed by atoms with van der Waals surface area (Å²) < 4.78 is 62.1. The van der Waals surface area contributed by atoms with Gasteiger partial charge >= 0.3 is 15.6 Å². The van der Waals surface area contributed by atoms with Gasteiger partial charge in [0, 0.05) is 0 Å². The van der Waals surface area contributed by atoms with Crippen molar-refractivity contribution in [1.82, 2.24) is 0 Å². The molecular weight excluding hydrogens is 233 g/mol. The Labute approximate surface area is 85.7 Å². The van der Waals surface area contributed by atoms with Crippen molar-refractivity contribution in [2.45, 2.75) is 37.3 Å². The maximum atomic E-state index is 12.1. The summed E-state index contributed by atoms with van der Waals surface area (Å²) in [5.74, 6) is -0.0377. The number of hydrogen-bond acceptors (Lipinski definition) is 3. The Morgan fingerprint density at radius 1 is 1.27 bits per heavy atom. The van der Waals surface area contributed by atoms with Crippen LogP contribution in [-0.2, 0) is 14.3 Å². The fourth-order valence-electron chi connectivity index (χ4n) is 2.61. The second kappa shape index (κ2) is 2.88. The van der Waals surface area contributed by atoms with Gasteiger partial charge in [-0.15, -0.1) is 0 Å². The molecule has 0 saturated heterocycles. The van der Waals surface area contributed by atoms with E-state index in [0.717, 1.165) is 19.3 Å². The lowest BCUT2D eigenvalue weighted by Crippen LogP contribution is -2.31. The van der Waals surface area contributed by atoms with Crippen LogP contribution in [0.1, 0.15) is 26.2 Å². The molecule has 7 heteroatoms. The molecule has 2 aliphatic carbocycles. The molecular formula is C8H11F3O3S. The molecule has 2 unspecified atom stereocenters. The van der Waals surface area contributed by atoms with E-state index in [-0.39, 0.29) is 11.8 Å². The van der Waals surface area contributed by atoms with Gasteiger partial charge in [-0.25, -0.2) is 0 Å². The molecule has 0 aromatic rings. The highest BCUT2D eigenvalue weighted by Gasteiger charge is 2.68. The zero-order valence-corrected chi connectivity index (χ0v) is 8.86. The SMILES string of the molecule is CC1(OS(=O)(=O)C(F)(F)F)C2CCCC21. The largest absolute Gasteiger partial charge is 0.523 e. The van der Waals surface area contributed by atoms with Crippen molar-refractivity contribution in [2.75, 3.05) is 0 Å². The van der Waals surface area contributed by atoms with E-state index in [4.69, 9.17) is 0 Å². The molecule has 0 aliphatic heterocycles. The zero-order valence-electron chi connectivity index (χ0n) is 8.04. The summed E-state index contributed by atoms with van der Waals surface area (Å²) in [6.45, 7) is 1.45. The summed E-state index contributed by atoms with van der Waals surface area (Å²) in [5, 5.41) is 0. The summed E-state index contributed by atoms with van der Waals surface area (Å²) in [6, 6.07) is 0. The zero-order chi connectivity index (χ0) is 11.5. The first-order valence-electron chi connectivity index (χ1n) is 4.70. The Bertz CT molecular complexity index is 363. The van der Waals surface area contributed by atoms with Crippen LogP contribution in [0.5, 0.6) is 0 Å². The first-order valence-corrected chi connectivity index (χ1v) is 6.11. The highest BCUT2D eigenvalue weighted by molar-refractivity contribution is 7.87. The third-order valence-corrected chi connectivity index (χ3v) is 4.60. The normalized spacial score (nSPS) is 40.3. The van der Waals surface area contributed by atoms with Gasteiger partial charge in [-0.2, -0.15) is 21.6 Å². The van der Waals surface area contributed by atoms with Crippen molar-refractivity contribution in [2.24, 2.45) is 11.8 Å². The molecule has 0 radical (unpaired) electrons. The second-order valence-electron chi connectivity index (χ2n) is 4.31. The number of hydrogen-bond donors (Lipinski definition) is 0. The van der Waals surface area contributed by atoms with E-state index in [2.05, 4.69) is 4.18 Å². The van der Waals surface area contributed by atoms with Crippen LogP contribution in [-0.4, -0.2) is 19.5 Å². The molecule has 0 N–H and O–H groups in total. The number of alkyl halides is 3. The molecule has 2 fully saturated rings. The fourth-order valence-corrected chi connectivity index (χ4v) is 3.42. The molecule has 0 bridgehead atoms. The van der Waals surface area contributed by atoms with Crippen molar-refractivity contribution in [3.63, 3.8) is 0 Å².